The lowest BCUT2D eigenvalue weighted by molar-refractivity contribution is 0.253. The summed E-state index contributed by atoms with van der Waals surface area (Å²) >= 11 is 17.6. The van der Waals surface area contributed by atoms with Gasteiger partial charge in [0, 0.05) is 22.3 Å². The average Bonchev–Trinajstić information content (AvgIpc) is 2.52. The Morgan fingerprint density at radius 2 is 1.77 bits per heavy atom. The first-order chi connectivity index (χ1) is 10.6. The molecule has 0 aromatic heterocycles. The first-order valence-corrected chi connectivity index (χ1v) is 8.06. The van der Waals surface area contributed by atoms with E-state index in [0.717, 1.165) is 27.9 Å². The highest BCUT2D eigenvalue weighted by Gasteiger charge is 2.22. The van der Waals surface area contributed by atoms with Crippen molar-refractivity contribution >= 4 is 46.2 Å². The quantitative estimate of drug-likeness (QED) is 0.838. The molecule has 114 valence electrons. The van der Waals surface area contributed by atoms with Crippen LogP contribution in [0.3, 0.4) is 0 Å². The molecule has 1 aliphatic heterocycles. The van der Waals surface area contributed by atoms with E-state index in [1.54, 1.807) is 0 Å². The third-order valence-electron chi connectivity index (χ3n) is 3.53. The van der Waals surface area contributed by atoms with Gasteiger partial charge in [-0.25, -0.2) is 0 Å². The molecule has 0 amide bonds. The zero-order valence-corrected chi connectivity index (χ0v) is 14.1. The monoisotopic (exact) mass is 351 g/mol. The molecule has 22 heavy (non-hydrogen) atoms. The second kappa shape index (κ2) is 6.84. The molecule has 1 N–H and O–H groups in total. The van der Waals surface area contributed by atoms with Crippen molar-refractivity contribution in [3.05, 3.63) is 64.1 Å². The summed E-state index contributed by atoms with van der Waals surface area (Å²) in [6.45, 7) is 2.17. The summed E-state index contributed by atoms with van der Waals surface area (Å²) < 4.78 is 0. The Morgan fingerprint density at radius 1 is 1.05 bits per heavy atom. The summed E-state index contributed by atoms with van der Waals surface area (Å²) in [5.41, 5.74) is 2.13. The largest absolute Gasteiger partial charge is 0.349 e. The Bertz CT molecular complexity index is 675. The van der Waals surface area contributed by atoms with Crippen molar-refractivity contribution in [2.24, 2.45) is 0 Å². The van der Waals surface area contributed by atoms with Gasteiger partial charge in [0.2, 0.25) is 0 Å². The molecule has 3 nitrogen and oxygen atoms in total. The predicted molar refractivity (Wildman–Crippen MR) is 96.4 cm³/mol. The van der Waals surface area contributed by atoms with Crippen LogP contribution in [0.5, 0.6) is 0 Å². The van der Waals surface area contributed by atoms with E-state index < -0.39 is 0 Å². The van der Waals surface area contributed by atoms with E-state index in [2.05, 4.69) is 10.2 Å². The van der Waals surface area contributed by atoms with Crippen LogP contribution in [0.4, 0.5) is 5.69 Å². The van der Waals surface area contributed by atoms with Gasteiger partial charge in [0.15, 0.2) is 5.11 Å². The number of nitrogens with one attached hydrogen (secondary N) is 1. The van der Waals surface area contributed by atoms with E-state index in [0.29, 0.717) is 18.4 Å². The minimum atomic E-state index is 0.703. The molecule has 0 aliphatic carbocycles. The van der Waals surface area contributed by atoms with Gasteiger partial charge in [-0.15, -0.1) is 0 Å². The highest BCUT2D eigenvalue weighted by atomic mass is 35.5. The third kappa shape index (κ3) is 3.52. The summed E-state index contributed by atoms with van der Waals surface area (Å²) in [4.78, 5) is 4.29. The lowest BCUT2D eigenvalue weighted by atomic mass is 10.2. The van der Waals surface area contributed by atoms with Gasteiger partial charge < -0.3 is 10.2 Å². The van der Waals surface area contributed by atoms with Gasteiger partial charge in [-0.3, -0.25) is 4.90 Å². The van der Waals surface area contributed by atoms with Crippen molar-refractivity contribution < 1.29 is 0 Å². The summed E-state index contributed by atoms with van der Waals surface area (Å²) in [5.74, 6) is 0. The highest BCUT2D eigenvalue weighted by Crippen LogP contribution is 2.22. The molecule has 1 fully saturated rings. The fourth-order valence-corrected chi connectivity index (χ4v) is 2.93. The van der Waals surface area contributed by atoms with Crippen molar-refractivity contribution in [3.8, 4) is 0 Å². The smallest absolute Gasteiger partial charge is 0.175 e. The maximum atomic E-state index is 6.24. The molecule has 0 saturated carbocycles. The maximum absolute atomic E-state index is 6.24. The Morgan fingerprint density at radius 3 is 2.50 bits per heavy atom. The first-order valence-electron chi connectivity index (χ1n) is 6.90. The number of hydrogen-bond acceptors (Lipinski definition) is 2. The van der Waals surface area contributed by atoms with Gasteiger partial charge in [-0.1, -0.05) is 41.4 Å². The lowest BCUT2D eigenvalue weighted by Gasteiger charge is -2.38. The SMILES string of the molecule is S=C1NCN(Cc2ccccc2Cl)CN1c1ccc(Cl)cc1. The van der Waals surface area contributed by atoms with E-state index in [-0.39, 0.29) is 0 Å². The number of halogens is 2. The molecule has 0 bridgehead atoms. The predicted octanol–water partition coefficient (Wildman–Crippen LogP) is 4.11. The normalized spacial score (nSPS) is 15.7. The number of anilines is 1. The van der Waals surface area contributed by atoms with Crippen molar-refractivity contribution in [2.75, 3.05) is 18.2 Å². The fraction of sp³-hybridized carbons (Fsp3) is 0.188. The molecule has 0 radical (unpaired) electrons. The molecular weight excluding hydrogens is 337 g/mol. The summed E-state index contributed by atoms with van der Waals surface area (Å²) in [6.07, 6.45) is 0. The van der Waals surface area contributed by atoms with Crippen LogP contribution in [0, 0.1) is 0 Å². The number of rotatable bonds is 3. The van der Waals surface area contributed by atoms with Crippen molar-refractivity contribution in [2.45, 2.75) is 6.54 Å². The minimum Gasteiger partial charge on any atom is -0.349 e. The van der Waals surface area contributed by atoms with Gasteiger partial charge in [-0.2, -0.15) is 0 Å². The Hall–Kier alpha value is -1.33. The summed E-state index contributed by atoms with van der Waals surface area (Å²) in [5, 5.41) is 5.46. The Labute approximate surface area is 145 Å². The summed E-state index contributed by atoms with van der Waals surface area (Å²) in [6, 6.07) is 15.6. The van der Waals surface area contributed by atoms with Crippen molar-refractivity contribution in [1.29, 1.82) is 0 Å². The first kappa shape index (κ1) is 15.6. The van der Waals surface area contributed by atoms with Crippen LogP contribution in [-0.2, 0) is 6.54 Å². The fourth-order valence-electron chi connectivity index (χ4n) is 2.38. The van der Waals surface area contributed by atoms with Crippen molar-refractivity contribution in [1.82, 2.24) is 10.2 Å². The molecule has 0 spiro atoms. The number of thiocarbonyl (C=S) groups is 1. The molecule has 0 atom stereocenters. The second-order valence-corrected chi connectivity index (χ2v) is 6.34. The van der Waals surface area contributed by atoms with Crippen LogP contribution in [-0.4, -0.2) is 23.3 Å². The molecule has 2 aromatic rings. The van der Waals surface area contributed by atoms with Crippen molar-refractivity contribution in [3.63, 3.8) is 0 Å². The van der Waals surface area contributed by atoms with Gasteiger partial charge in [-0.05, 0) is 48.1 Å². The average molecular weight is 352 g/mol. The molecule has 1 aliphatic rings. The Balaban J connectivity index is 1.75. The topological polar surface area (TPSA) is 18.5 Å². The van der Waals surface area contributed by atoms with E-state index in [1.165, 1.54) is 0 Å². The van der Waals surface area contributed by atoms with Crippen LogP contribution in [0.1, 0.15) is 5.56 Å². The van der Waals surface area contributed by atoms with Crippen LogP contribution in [0.25, 0.3) is 0 Å². The van der Waals surface area contributed by atoms with E-state index >= 15 is 0 Å². The highest BCUT2D eigenvalue weighted by molar-refractivity contribution is 7.80. The molecular formula is C16H15Cl2N3S. The van der Waals surface area contributed by atoms with Gasteiger partial charge >= 0.3 is 0 Å². The zero-order valence-electron chi connectivity index (χ0n) is 11.8. The van der Waals surface area contributed by atoms with E-state index in [1.807, 2.05) is 53.4 Å². The molecule has 0 unspecified atom stereocenters. The number of benzene rings is 2. The lowest BCUT2D eigenvalue weighted by Crippen LogP contribution is -2.55. The van der Waals surface area contributed by atoms with Gasteiger partial charge in [0.1, 0.15) is 0 Å². The van der Waals surface area contributed by atoms with Gasteiger partial charge in [0.25, 0.3) is 0 Å². The number of hydrogen-bond donors (Lipinski definition) is 1. The van der Waals surface area contributed by atoms with Crippen LogP contribution in [0.2, 0.25) is 10.0 Å². The van der Waals surface area contributed by atoms with E-state index in [9.17, 15) is 0 Å². The van der Waals surface area contributed by atoms with E-state index in [4.69, 9.17) is 35.4 Å². The molecule has 6 heteroatoms. The molecule has 1 heterocycles. The summed E-state index contributed by atoms with van der Waals surface area (Å²) in [7, 11) is 0. The Kier molecular flexibility index (Phi) is 4.84. The maximum Gasteiger partial charge on any atom is 0.175 e. The molecule has 2 aromatic carbocycles. The van der Waals surface area contributed by atoms with Crippen LogP contribution in [0.15, 0.2) is 48.5 Å². The third-order valence-corrected chi connectivity index (χ3v) is 4.52. The molecule has 1 saturated heterocycles. The standard InChI is InChI=1S/C16H15Cl2N3S/c17-13-5-7-14(8-6-13)21-11-20(10-19-16(21)22)9-12-3-1-2-4-15(12)18/h1-8H,9-11H2,(H,19,22). The van der Waals surface area contributed by atoms with Gasteiger partial charge in [0.05, 0.1) is 13.3 Å². The van der Waals surface area contributed by atoms with Crippen LogP contribution < -0.4 is 10.2 Å². The zero-order chi connectivity index (χ0) is 15.5. The molecule has 3 rings (SSSR count). The number of nitrogens with zero attached hydrogens (tertiary/aromatic N) is 2. The van der Waals surface area contributed by atoms with Crippen LogP contribution >= 0.6 is 35.4 Å². The second-order valence-electron chi connectivity index (χ2n) is 5.11. The minimum absolute atomic E-state index is 0.703.